The molecule has 2 nitrogen and oxygen atoms in total. The van der Waals surface area contributed by atoms with Crippen LogP contribution in [0.2, 0.25) is 0 Å². The highest BCUT2D eigenvalue weighted by molar-refractivity contribution is 7.99. The molecule has 1 rings (SSSR count). The van der Waals surface area contributed by atoms with Crippen LogP contribution in [-0.4, -0.2) is 22.2 Å². The largest absolute Gasteiger partial charge is 0.480 e. The zero-order valence-corrected chi connectivity index (χ0v) is 8.69. The number of carboxylic acids is 1. The van der Waals surface area contributed by atoms with Crippen LogP contribution in [0.1, 0.15) is 0 Å². The molecule has 1 aromatic rings. The maximum atomic E-state index is 12.5. The van der Waals surface area contributed by atoms with Gasteiger partial charge in [0.1, 0.15) is 11.2 Å². The van der Waals surface area contributed by atoms with E-state index < -0.39 is 11.3 Å². The second kappa shape index (κ2) is 5.22. The van der Waals surface area contributed by atoms with Gasteiger partial charge in [-0.2, -0.15) is 0 Å². The normalized spacial score (nSPS) is 12.4. The molecule has 76 valence electrons. The fourth-order valence-corrected chi connectivity index (χ4v) is 1.77. The van der Waals surface area contributed by atoms with E-state index in [9.17, 15) is 9.18 Å². The number of rotatable bonds is 4. The van der Waals surface area contributed by atoms with E-state index in [1.54, 1.807) is 12.1 Å². The Bertz CT molecular complexity index is 315. The lowest BCUT2D eigenvalue weighted by atomic mass is 10.4. The first-order valence-corrected chi connectivity index (χ1v) is 5.27. The van der Waals surface area contributed by atoms with Crippen molar-refractivity contribution in [2.24, 2.45) is 0 Å². The zero-order valence-electron chi connectivity index (χ0n) is 7.11. The smallest absolute Gasteiger partial charge is 0.322 e. The molecule has 0 spiro atoms. The van der Waals surface area contributed by atoms with Gasteiger partial charge in [0.25, 0.3) is 0 Å². The molecule has 0 aliphatic rings. The van der Waals surface area contributed by atoms with Crippen molar-refractivity contribution in [3.05, 3.63) is 30.1 Å². The highest BCUT2D eigenvalue weighted by atomic mass is 35.5. The van der Waals surface area contributed by atoms with E-state index in [-0.39, 0.29) is 11.6 Å². The predicted octanol–water partition coefficient (Wildman–Crippen LogP) is 2.61. The van der Waals surface area contributed by atoms with Crippen LogP contribution < -0.4 is 0 Å². The van der Waals surface area contributed by atoms with Crippen molar-refractivity contribution in [2.45, 2.75) is 10.3 Å². The van der Waals surface area contributed by atoms with Crippen LogP contribution in [0.4, 0.5) is 4.39 Å². The Hall–Kier alpha value is -0.740. The van der Waals surface area contributed by atoms with Crippen molar-refractivity contribution < 1.29 is 14.3 Å². The van der Waals surface area contributed by atoms with Gasteiger partial charge in [-0.3, -0.25) is 4.79 Å². The number of halogens is 2. The molecule has 0 aliphatic heterocycles. The molecule has 0 aromatic heterocycles. The van der Waals surface area contributed by atoms with Crippen molar-refractivity contribution in [3.63, 3.8) is 0 Å². The Morgan fingerprint density at radius 1 is 1.50 bits per heavy atom. The summed E-state index contributed by atoms with van der Waals surface area (Å²) in [6.45, 7) is 0. The molecular weight excluding hydrogens is 227 g/mol. The third-order valence-corrected chi connectivity index (χ3v) is 3.11. The maximum Gasteiger partial charge on any atom is 0.322 e. The standard InChI is InChI=1S/C9H8ClFO2S/c10-8(9(12)13)5-14-7-3-1-6(11)2-4-7/h1-4,8H,5H2,(H,12,13). The molecule has 0 fully saturated rings. The van der Waals surface area contributed by atoms with Gasteiger partial charge in [-0.1, -0.05) is 0 Å². The molecule has 0 aliphatic carbocycles. The second-order valence-corrected chi connectivity index (χ2v) is 4.19. The lowest BCUT2D eigenvalue weighted by molar-refractivity contribution is -0.136. The first kappa shape index (κ1) is 11.3. The van der Waals surface area contributed by atoms with Crippen LogP contribution in [-0.2, 0) is 4.79 Å². The first-order chi connectivity index (χ1) is 6.59. The fraction of sp³-hybridized carbons (Fsp3) is 0.222. The fourth-order valence-electron chi connectivity index (χ4n) is 0.771. The van der Waals surface area contributed by atoms with Crippen molar-refractivity contribution >= 4 is 29.3 Å². The molecule has 0 radical (unpaired) electrons. The van der Waals surface area contributed by atoms with Crippen molar-refractivity contribution in [2.75, 3.05) is 5.75 Å². The summed E-state index contributed by atoms with van der Waals surface area (Å²) < 4.78 is 12.5. The van der Waals surface area contributed by atoms with Crippen LogP contribution in [0.15, 0.2) is 29.2 Å². The molecule has 0 amide bonds. The minimum atomic E-state index is -1.04. The van der Waals surface area contributed by atoms with Crippen LogP contribution in [0, 0.1) is 5.82 Å². The Kier molecular flexibility index (Phi) is 4.22. The average Bonchev–Trinajstić information content (AvgIpc) is 2.16. The number of benzene rings is 1. The molecule has 5 heteroatoms. The number of hydrogen-bond donors (Lipinski definition) is 1. The van der Waals surface area contributed by atoms with Gasteiger partial charge in [0.05, 0.1) is 0 Å². The number of carbonyl (C=O) groups is 1. The Labute approximate surface area is 90.1 Å². The van der Waals surface area contributed by atoms with Gasteiger partial charge < -0.3 is 5.11 Å². The van der Waals surface area contributed by atoms with Gasteiger partial charge in [0, 0.05) is 10.6 Å². The lowest BCUT2D eigenvalue weighted by Gasteiger charge is -2.03. The van der Waals surface area contributed by atoms with Gasteiger partial charge in [-0.25, -0.2) is 4.39 Å². The minimum Gasteiger partial charge on any atom is -0.480 e. The topological polar surface area (TPSA) is 37.3 Å². The first-order valence-electron chi connectivity index (χ1n) is 3.85. The van der Waals surface area contributed by atoms with Crippen molar-refractivity contribution in [1.82, 2.24) is 0 Å². The Morgan fingerprint density at radius 3 is 2.57 bits per heavy atom. The molecule has 1 aromatic carbocycles. The van der Waals surface area contributed by atoms with E-state index >= 15 is 0 Å². The predicted molar refractivity (Wildman–Crippen MR) is 54.4 cm³/mol. The van der Waals surface area contributed by atoms with E-state index in [0.29, 0.717) is 0 Å². The van der Waals surface area contributed by atoms with Gasteiger partial charge in [-0.15, -0.1) is 23.4 Å². The number of thioether (sulfide) groups is 1. The third-order valence-electron chi connectivity index (χ3n) is 1.48. The van der Waals surface area contributed by atoms with Gasteiger partial charge in [-0.05, 0) is 24.3 Å². The summed E-state index contributed by atoms with van der Waals surface area (Å²) >= 11 is 6.79. The monoisotopic (exact) mass is 234 g/mol. The van der Waals surface area contributed by atoms with Gasteiger partial charge in [0.2, 0.25) is 0 Å². The van der Waals surface area contributed by atoms with Crippen LogP contribution in [0.25, 0.3) is 0 Å². The molecule has 0 heterocycles. The van der Waals surface area contributed by atoms with Crippen molar-refractivity contribution in [3.8, 4) is 0 Å². The number of carboxylic acid groups (broad SMARTS) is 1. The average molecular weight is 235 g/mol. The number of alkyl halides is 1. The summed E-state index contributed by atoms with van der Waals surface area (Å²) in [6, 6.07) is 5.83. The van der Waals surface area contributed by atoms with Crippen LogP contribution in [0.3, 0.4) is 0 Å². The highest BCUT2D eigenvalue weighted by Crippen LogP contribution is 2.20. The van der Waals surface area contributed by atoms with E-state index in [1.807, 2.05) is 0 Å². The SMILES string of the molecule is O=C(O)C(Cl)CSc1ccc(F)cc1. The summed E-state index contributed by atoms with van der Waals surface area (Å²) in [5.41, 5.74) is 0. The molecule has 1 unspecified atom stereocenters. The van der Waals surface area contributed by atoms with Gasteiger partial charge in [0.15, 0.2) is 0 Å². The van der Waals surface area contributed by atoms with Crippen molar-refractivity contribution in [1.29, 1.82) is 0 Å². The maximum absolute atomic E-state index is 12.5. The summed E-state index contributed by atoms with van der Waals surface area (Å²) in [5.74, 6) is -1.08. The lowest BCUT2D eigenvalue weighted by Crippen LogP contribution is -2.15. The molecule has 0 bridgehead atoms. The van der Waals surface area contributed by atoms with E-state index in [4.69, 9.17) is 16.7 Å². The molecule has 1 atom stereocenters. The summed E-state index contributed by atoms with van der Waals surface area (Å²) in [6.07, 6.45) is 0. The molecule has 0 saturated heterocycles. The number of hydrogen-bond acceptors (Lipinski definition) is 2. The molecular formula is C9H8ClFO2S. The van der Waals surface area contributed by atoms with E-state index in [2.05, 4.69) is 0 Å². The summed E-state index contributed by atoms with van der Waals surface area (Å²) in [4.78, 5) is 11.2. The van der Waals surface area contributed by atoms with Crippen LogP contribution >= 0.6 is 23.4 Å². The second-order valence-electron chi connectivity index (χ2n) is 2.57. The van der Waals surface area contributed by atoms with Gasteiger partial charge >= 0.3 is 5.97 Å². The Morgan fingerprint density at radius 2 is 2.07 bits per heavy atom. The summed E-state index contributed by atoms with van der Waals surface area (Å²) in [7, 11) is 0. The highest BCUT2D eigenvalue weighted by Gasteiger charge is 2.13. The third kappa shape index (κ3) is 3.55. The molecule has 0 saturated carbocycles. The molecule has 1 N–H and O–H groups in total. The summed E-state index contributed by atoms with van der Waals surface area (Å²) in [5, 5.41) is 7.59. The van der Waals surface area contributed by atoms with E-state index in [0.717, 1.165) is 4.90 Å². The minimum absolute atomic E-state index is 0.266. The number of aliphatic carboxylic acids is 1. The Balaban J connectivity index is 2.46. The zero-order chi connectivity index (χ0) is 10.6. The quantitative estimate of drug-likeness (QED) is 0.643. The molecule has 14 heavy (non-hydrogen) atoms. The van der Waals surface area contributed by atoms with Crippen LogP contribution in [0.5, 0.6) is 0 Å². The van der Waals surface area contributed by atoms with E-state index in [1.165, 1.54) is 23.9 Å².